The lowest BCUT2D eigenvalue weighted by Gasteiger charge is -2.08. The van der Waals surface area contributed by atoms with Crippen LogP contribution in [0.1, 0.15) is 18.9 Å². The monoisotopic (exact) mass is 187 g/mol. The minimum absolute atomic E-state index is 0.0254. The Labute approximate surface area is 83.7 Å². The second kappa shape index (κ2) is 3.74. The van der Waals surface area contributed by atoms with Crippen molar-refractivity contribution in [1.29, 1.82) is 0 Å². The first-order valence-electron chi connectivity index (χ1n) is 4.89. The average Bonchev–Trinajstić information content (AvgIpc) is 2.67. The van der Waals surface area contributed by atoms with E-state index in [0.717, 1.165) is 24.2 Å². The van der Waals surface area contributed by atoms with Crippen molar-refractivity contribution in [2.75, 3.05) is 6.54 Å². The van der Waals surface area contributed by atoms with Crippen molar-refractivity contribution >= 4 is 11.5 Å². The maximum absolute atomic E-state index is 11.3. The molecule has 2 nitrogen and oxygen atoms in total. The second-order valence-electron chi connectivity index (χ2n) is 3.58. The number of ketones is 1. The van der Waals surface area contributed by atoms with Crippen LogP contribution in [0.25, 0.3) is 0 Å². The first-order chi connectivity index (χ1) is 6.79. The Morgan fingerprint density at radius 1 is 1.36 bits per heavy atom. The third-order valence-electron chi connectivity index (χ3n) is 2.59. The smallest absolute Gasteiger partial charge is 0.138 e. The van der Waals surface area contributed by atoms with E-state index in [-0.39, 0.29) is 11.7 Å². The van der Waals surface area contributed by atoms with Gasteiger partial charge >= 0.3 is 0 Å². The van der Waals surface area contributed by atoms with Gasteiger partial charge in [0, 0.05) is 6.54 Å². The van der Waals surface area contributed by atoms with E-state index in [0.29, 0.717) is 0 Å². The number of rotatable bonds is 2. The molecule has 0 aliphatic carbocycles. The van der Waals surface area contributed by atoms with Crippen molar-refractivity contribution in [2.45, 2.75) is 13.3 Å². The molecule has 0 saturated heterocycles. The number of Topliss-reactive ketones (excluding diaryl/α,β-unsaturated/α-hetero) is 1. The average molecular weight is 187 g/mol. The van der Waals surface area contributed by atoms with Crippen LogP contribution in [0.3, 0.4) is 0 Å². The molecule has 2 rings (SSSR count). The maximum atomic E-state index is 11.3. The summed E-state index contributed by atoms with van der Waals surface area (Å²) >= 11 is 0. The highest BCUT2D eigenvalue weighted by Crippen LogP contribution is 2.20. The molecule has 1 aromatic rings. The second-order valence-corrected chi connectivity index (χ2v) is 3.58. The molecule has 1 atom stereocenters. The Bertz CT molecular complexity index is 367. The van der Waals surface area contributed by atoms with Crippen LogP contribution in [0.5, 0.6) is 0 Å². The lowest BCUT2D eigenvalue weighted by molar-refractivity contribution is -0.118. The zero-order valence-corrected chi connectivity index (χ0v) is 8.23. The molecule has 1 aliphatic heterocycles. The van der Waals surface area contributed by atoms with Crippen molar-refractivity contribution in [1.82, 2.24) is 0 Å². The number of nitrogens with zero attached hydrogens (tertiary/aromatic N) is 1. The van der Waals surface area contributed by atoms with E-state index in [2.05, 4.69) is 4.99 Å². The van der Waals surface area contributed by atoms with E-state index >= 15 is 0 Å². The summed E-state index contributed by atoms with van der Waals surface area (Å²) in [6, 6.07) is 9.96. The van der Waals surface area contributed by atoms with Gasteiger partial charge in [-0.1, -0.05) is 30.3 Å². The predicted octanol–water partition coefficient (Wildman–Crippen LogP) is 2.08. The fraction of sp³-hybridized carbons (Fsp3) is 0.333. The normalized spacial score (nSPS) is 20.6. The van der Waals surface area contributed by atoms with Gasteiger partial charge in [-0.3, -0.25) is 9.79 Å². The van der Waals surface area contributed by atoms with Crippen LogP contribution in [-0.4, -0.2) is 18.0 Å². The van der Waals surface area contributed by atoms with E-state index < -0.39 is 0 Å². The number of aliphatic imine (C=N–C) groups is 1. The Balaban J connectivity index is 2.31. The minimum Gasteiger partial charge on any atom is -0.299 e. The zero-order chi connectivity index (χ0) is 9.97. The van der Waals surface area contributed by atoms with Crippen molar-refractivity contribution in [3.8, 4) is 0 Å². The van der Waals surface area contributed by atoms with E-state index in [9.17, 15) is 4.79 Å². The summed E-state index contributed by atoms with van der Waals surface area (Å²) < 4.78 is 0. The Kier molecular flexibility index (Phi) is 2.44. The van der Waals surface area contributed by atoms with Crippen LogP contribution in [0, 0.1) is 5.92 Å². The largest absolute Gasteiger partial charge is 0.299 e. The molecule has 0 aromatic heterocycles. The third kappa shape index (κ3) is 1.60. The van der Waals surface area contributed by atoms with Crippen LogP contribution in [-0.2, 0) is 4.79 Å². The summed E-state index contributed by atoms with van der Waals surface area (Å²) in [4.78, 5) is 15.8. The summed E-state index contributed by atoms with van der Waals surface area (Å²) in [5.41, 5.74) is 2.06. The van der Waals surface area contributed by atoms with Gasteiger partial charge in [-0.15, -0.1) is 0 Å². The van der Waals surface area contributed by atoms with Gasteiger partial charge in [-0.25, -0.2) is 0 Å². The van der Waals surface area contributed by atoms with Crippen molar-refractivity contribution in [2.24, 2.45) is 10.9 Å². The molecule has 0 fully saturated rings. The summed E-state index contributed by atoms with van der Waals surface area (Å²) in [5, 5.41) is 0. The lowest BCUT2D eigenvalue weighted by Crippen LogP contribution is -2.18. The van der Waals surface area contributed by atoms with Crippen LogP contribution >= 0.6 is 0 Å². The van der Waals surface area contributed by atoms with E-state index in [1.165, 1.54) is 0 Å². The number of carbonyl (C=O) groups is 1. The van der Waals surface area contributed by atoms with Crippen molar-refractivity contribution in [3.05, 3.63) is 35.9 Å². The molecule has 14 heavy (non-hydrogen) atoms. The van der Waals surface area contributed by atoms with Gasteiger partial charge in [0.1, 0.15) is 5.78 Å². The summed E-state index contributed by atoms with van der Waals surface area (Å²) in [6.07, 6.45) is 0.875. The number of hydrogen-bond acceptors (Lipinski definition) is 2. The fourth-order valence-electron chi connectivity index (χ4n) is 1.86. The quantitative estimate of drug-likeness (QED) is 0.697. The third-order valence-corrected chi connectivity index (χ3v) is 2.59. The molecule has 2 heteroatoms. The van der Waals surface area contributed by atoms with Crippen LogP contribution in [0.4, 0.5) is 0 Å². The molecule has 1 heterocycles. The predicted molar refractivity (Wildman–Crippen MR) is 56.6 cm³/mol. The van der Waals surface area contributed by atoms with Gasteiger partial charge in [0.2, 0.25) is 0 Å². The topological polar surface area (TPSA) is 29.4 Å². The van der Waals surface area contributed by atoms with Crippen molar-refractivity contribution in [3.63, 3.8) is 0 Å². The number of hydrogen-bond donors (Lipinski definition) is 0. The molecule has 72 valence electrons. The van der Waals surface area contributed by atoms with E-state index in [1.54, 1.807) is 6.92 Å². The summed E-state index contributed by atoms with van der Waals surface area (Å²) in [6.45, 7) is 2.43. The highest BCUT2D eigenvalue weighted by atomic mass is 16.1. The molecular weight excluding hydrogens is 174 g/mol. The highest BCUT2D eigenvalue weighted by molar-refractivity contribution is 6.13. The van der Waals surface area contributed by atoms with E-state index in [1.807, 2.05) is 30.3 Å². The highest BCUT2D eigenvalue weighted by Gasteiger charge is 2.25. The molecule has 1 unspecified atom stereocenters. The summed E-state index contributed by atoms with van der Waals surface area (Å²) in [7, 11) is 0. The SMILES string of the molecule is CC(=O)C1CCN=C1c1ccccc1. The zero-order valence-electron chi connectivity index (χ0n) is 8.23. The van der Waals surface area contributed by atoms with Crippen LogP contribution in [0.2, 0.25) is 0 Å². The van der Waals surface area contributed by atoms with Gasteiger partial charge in [0.15, 0.2) is 0 Å². The van der Waals surface area contributed by atoms with Gasteiger partial charge < -0.3 is 0 Å². The van der Waals surface area contributed by atoms with Gasteiger partial charge in [-0.05, 0) is 18.9 Å². The fourth-order valence-corrected chi connectivity index (χ4v) is 1.86. The van der Waals surface area contributed by atoms with E-state index in [4.69, 9.17) is 0 Å². The minimum atomic E-state index is 0.0254. The molecule has 0 saturated carbocycles. The molecule has 0 spiro atoms. The number of benzene rings is 1. The van der Waals surface area contributed by atoms with Gasteiger partial charge in [-0.2, -0.15) is 0 Å². The Morgan fingerprint density at radius 2 is 2.07 bits per heavy atom. The molecular formula is C12H13NO. The molecule has 0 amide bonds. The standard InChI is InChI=1S/C12H13NO/c1-9(14)11-7-8-13-12(11)10-5-3-2-4-6-10/h2-6,11H,7-8H2,1H3. The molecule has 1 aromatic carbocycles. The van der Waals surface area contributed by atoms with Gasteiger partial charge in [0.05, 0.1) is 11.6 Å². The first kappa shape index (κ1) is 9.13. The Morgan fingerprint density at radius 3 is 2.71 bits per heavy atom. The molecule has 1 aliphatic rings. The summed E-state index contributed by atoms with van der Waals surface area (Å²) in [5.74, 6) is 0.252. The Hall–Kier alpha value is -1.44. The van der Waals surface area contributed by atoms with Crippen LogP contribution in [0.15, 0.2) is 35.3 Å². The lowest BCUT2D eigenvalue weighted by atomic mass is 9.93. The van der Waals surface area contributed by atoms with Crippen LogP contribution < -0.4 is 0 Å². The van der Waals surface area contributed by atoms with Gasteiger partial charge in [0.25, 0.3) is 0 Å². The molecule has 0 N–H and O–H groups in total. The molecule has 0 radical (unpaired) electrons. The van der Waals surface area contributed by atoms with Crippen molar-refractivity contribution < 1.29 is 4.79 Å². The molecule has 0 bridgehead atoms. The first-order valence-corrected chi connectivity index (χ1v) is 4.89. The number of carbonyl (C=O) groups excluding carboxylic acids is 1. The maximum Gasteiger partial charge on any atom is 0.138 e.